The van der Waals surface area contributed by atoms with Crippen LogP contribution < -0.4 is 5.32 Å². The molecule has 0 saturated carbocycles. The van der Waals surface area contributed by atoms with Crippen LogP contribution in [0.3, 0.4) is 0 Å². The third-order valence-electron chi connectivity index (χ3n) is 4.61. The smallest absolute Gasteiger partial charge is 0.194 e. The summed E-state index contributed by atoms with van der Waals surface area (Å²) in [5, 5.41) is 13.0. The second kappa shape index (κ2) is 8.56. The van der Waals surface area contributed by atoms with E-state index in [0.717, 1.165) is 37.6 Å². The predicted molar refractivity (Wildman–Crippen MR) is 103 cm³/mol. The number of hydrogen-bond acceptors (Lipinski definition) is 2. The van der Waals surface area contributed by atoms with E-state index < -0.39 is 0 Å². The molecular weight excluding hydrogens is 310 g/mol. The average Bonchev–Trinajstić information content (AvgIpc) is 3.08. The zero-order valence-corrected chi connectivity index (χ0v) is 14.9. The highest BCUT2D eigenvalue weighted by Crippen LogP contribution is 2.21. The van der Waals surface area contributed by atoms with E-state index in [2.05, 4.69) is 47.5 Å². The van der Waals surface area contributed by atoms with Gasteiger partial charge in [-0.3, -0.25) is 0 Å². The van der Waals surface area contributed by atoms with Gasteiger partial charge in [0, 0.05) is 19.6 Å². The fourth-order valence-corrected chi connectivity index (χ4v) is 3.39. The third-order valence-corrected chi connectivity index (χ3v) is 4.61. The number of nitrogens with one attached hydrogen (secondary N) is 1. The molecule has 1 unspecified atom stereocenters. The zero-order valence-electron chi connectivity index (χ0n) is 14.9. The number of rotatable bonds is 5. The molecule has 25 heavy (non-hydrogen) atoms. The van der Waals surface area contributed by atoms with Crippen molar-refractivity contribution in [3.8, 4) is 5.75 Å². The highest BCUT2D eigenvalue weighted by Gasteiger charge is 2.24. The highest BCUT2D eigenvalue weighted by molar-refractivity contribution is 5.80. The number of aliphatic imine (C=N–C) groups is 1. The lowest BCUT2D eigenvalue weighted by molar-refractivity contribution is 0.459. The molecule has 1 saturated heterocycles. The van der Waals surface area contributed by atoms with Crippen LogP contribution in [0.5, 0.6) is 5.75 Å². The third kappa shape index (κ3) is 4.99. The molecule has 2 N–H and O–H groups in total. The van der Waals surface area contributed by atoms with Crippen molar-refractivity contribution >= 4 is 5.96 Å². The van der Waals surface area contributed by atoms with E-state index >= 15 is 0 Å². The van der Waals surface area contributed by atoms with Gasteiger partial charge in [0.05, 0.1) is 6.54 Å². The number of benzene rings is 2. The van der Waals surface area contributed by atoms with E-state index in [-0.39, 0.29) is 0 Å². The molecule has 2 aromatic carbocycles. The largest absolute Gasteiger partial charge is 0.508 e. The summed E-state index contributed by atoms with van der Waals surface area (Å²) < 4.78 is 0. The Kier molecular flexibility index (Phi) is 5.94. The molecule has 1 aliphatic heterocycles. The van der Waals surface area contributed by atoms with Crippen LogP contribution in [0, 0.1) is 5.92 Å². The standard InChI is InChI=1S/C21H27N3O/c1-2-22-21(23-15-18-9-6-10-20(25)14-18)24-12-11-19(16-24)13-17-7-4-3-5-8-17/h3-10,14,19,25H,2,11-13,15-16H2,1H3,(H,22,23). The second-order valence-corrected chi connectivity index (χ2v) is 6.63. The number of guanidine groups is 1. The maximum absolute atomic E-state index is 9.59. The monoisotopic (exact) mass is 337 g/mol. The van der Waals surface area contributed by atoms with E-state index in [1.54, 1.807) is 12.1 Å². The molecule has 132 valence electrons. The van der Waals surface area contributed by atoms with Crippen molar-refractivity contribution < 1.29 is 5.11 Å². The molecule has 0 bridgehead atoms. The van der Waals surface area contributed by atoms with E-state index in [1.807, 2.05) is 12.1 Å². The molecule has 2 aromatic rings. The summed E-state index contributed by atoms with van der Waals surface area (Å²) in [6.45, 7) is 5.63. The molecule has 0 spiro atoms. The van der Waals surface area contributed by atoms with Crippen molar-refractivity contribution in [3.05, 3.63) is 65.7 Å². The Hall–Kier alpha value is -2.49. The number of likely N-dealkylation sites (tertiary alicyclic amines) is 1. The molecule has 3 rings (SSSR count). The van der Waals surface area contributed by atoms with Crippen LogP contribution in [0.4, 0.5) is 0 Å². The first-order valence-electron chi connectivity index (χ1n) is 9.09. The summed E-state index contributed by atoms with van der Waals surface area (Å²) >= 11 is 0. The number of hydrogen-bond donors (Lipinski definition) is 2. The maximum Gasteiger partial charge on any atom is 0.194 e. The zero-order chi connectivity index (χ0) is 17.5. The van der Waals surface area contributed by atoms with Crippen molar-refractivity contribution in [1.82, 2.24) is 10.2 Å². The minimum absolute atomic E-state index is 0.293. The normalized spacial score (nSPS) is 17.7. The lowest BCUT2D eigenvalue weighted by atomic mass is 9.99. The molecule has 0 amide bonds. The molecule has 1 atom stereocenters. The molecule has 4 heteroatoms. The van der Waals surface area contributed by atoms with Crippen molar-refractivity contribution in [1.29, 1.82) is 0 Å². The van der Waals surface area contributed by atoms with Crippen molar-refractivity contribution in [2.45, 2.75) is 26.3 Å². The van der Waals surface area contributed by atoms with Gasteiger partial charge >= 0.3 is 0 Å². The summed E-state index contributed by atoms with van der Waals surface area (Å²) in [5.74, 6) is 1.94. The molecular formula is C21H27N3O. The molecule has 1 heterocycles. The minimum Gasteiger partial charge on any atom is -0.508 e. The van der Waals surface area contributed by atoms with Crippen molar-refractivity contribution in [2.24, 2.45) is 10.9 Å². The summed E-state index contributed by atoms with van der Waals surface area (Å²) in [6.07, 6.45) is 2.33. The molecule has 1 aliphatic rings. The number of aromatic hydroxyl groups is 1. The van der Waals surface area contributed by atoms with Gasteiger partial charge in [0.2, 0.25) is 0 Å². The fourth-order valence-electron chi connectivity index (χ4n) is 3.39. The Bertz CT molecular complexity index is 699. The topological polar surface area (TPSA) is 47.9 Å². The van der Waals surface area contributed by atoms with Gasteiger partial charge in [0.1, 0.15) is 5.75 Å². The van der Waals surface area contributed by atoms with Gasteiger partial charge in [-0.1, -0.05) is 42.5 Å². The Morgan fingerprint density at radius 2 is 1.96 bits per heavy atom. The molecule has 4 nitrogen and oxygen atoms in total. The first-order valence-corrected chi connectivity index (χ1v) is 9.09. The van der Waals surface area contributed by atoms with E-state index in [4.69, 9.17) is 4.99 Å². The second-order valence-electron chi connectivity index (χ2n) is 6.63. The highest BCUT2D eigenvalue weighted by atomic mass is 16.3. The van der Waals surface area contributed by atoms with Crippen molar-refractivity contribution in [2.75, 3.05) is 19.6 Å². The summed E-state index contributed by atoms with van der Waals surface area (Å²) in [6, 6.07) is 18.0. The van der Waals surface area contributed by atoms with Crippen LogP contribution in [0.1, 0.15) is 24.5 Å². The molecule has 0 aromatic heterocycles. The number of phenolic OH excluding ortho intramolecular Hbond substituents is 1. The Morgan fingerprint density at radius 1 is 1.16 bits per heavy atom. The lowest BCUT2D eigenvalue weighted by Gasteiger charge is -2.21. The summed E-state index contributed by atoms with van der Waals surface area (Å²) in [7, 11) is 0. The quantitative estimate of drug-likeness (QED) is 0.649. The summed E-state index contributed by atoms with van der Waals surface area (Å²) in [4.78, 5) is 7.13. The maximum atomic E-state index is 9.59. The van der Waals surface area contributed by atoms with Gasteiger partial charge in [-0.25, -0.2) is 4.99 Å². The van der Waals surface area contributed by atoms with Crippen LogP contribution >= 0.6 is 0 Å². The SMILES string of the molecule is CCNC(=NCc1cccc(O)c1)N1CCC(Cc2ccccc2)C1. The van der Waals surface area contributed by atoms with Crippen LogP contribution in [0.2, 0.25) is 0 Å². The Labute approximate surface area is 150 Å². The van der Waals surface area contributed by atoms with Gasteiger partial charge in [0.25, 0.3) is 0 Å². The average molecular weight is 337 g/mol. The fraction of sp³-hybridized carbons (Fsp3) is 0.381. The van der Waals surface area contributed by atoms with E-state index in [0.29, 0.717) is 18.2 Å². The van der Waals surface area contributed by atoms with Gasteiger partial charge in [0.15, 0.2) is 5.96 Å². The van der Waals surface area contributed by atoms with Gasteiger partial charge in [-0.15, -0.1) is 0 Å². The van der Waals surface area contributed by atoms with Crippen LogP contribution in [-0.4, -0.2) is 35.6 Å². The lowest BCUT2D eigenvalue weighted by Crippen LogP contribution is -2.40. The summed E-state index contributed by atoms with van der Waals surface area (Å²) in [5.41, 5.74) is 2.44. The van der Waals surface area contributed by atoms with Crippen LogP contribution in [0.25, 0.3) is 0 Å². The van der Waals surface area contributed by atoms with Gasteiger partial charge < -0.3 is 15.3 Å². The van der Waals surface area contributed by atoms with Crippen LogP contribution in [-0.2, 0) is 13.0 Å². The Morgan fingerprint density at radius 3 is 2.72 bits per heavy atom. The minimum atomic E-state index is 0.293. The Balaban J connectivity index is 1.61. The van der Waals surface area contributed by atoms with E-state index in [1.165, 1.54) is 12.0 Å². The first kappa shape index (κ1) is 17.3. The van der Waals surface area contributed by atoms with Gasteiger partial charge in [-0.2, -0.15) is 0 Å². The van der Waals surface area contributed by atoms with Gasteiger partial charge in [-0.05, 0) is 48.9 Å². The van der Waals surface area contributed by atoms with Crippen LogP contribution in [0.15, 0.2) is 59.6 Å². The van der Waals surface area contributed by atoms with E-state index in [9.17, 15) is 5.11 Å². The first-order chi connectivity index (χ1) is 12.2. The molecule has 0 radical (unpaired) electrons. The molecule has 1 fully saturated rings. The molecule has 0 aliphatic carbocycles. The number of nitrogens with zero attached hydrogens (tertiary/aromatic N) is 2. The predicted octanol–water partition coefficient (Wildman–Crippen LogP) is 3.42. The number of phenols is 1. The van der Waals surface area contributed by atoms with Crippen molar-refractivity contribution in [3.63, 3.8) is 0 Å².